The first-order valence-corrected chi connectivity index (χ1v) is 7.64. The Hall–Kier alpha value is -1.84. The largest absolute Gasteiger partial charge is 0.343 e. The number of nitrogens with zero attached hydrogens (tertiary/aromatic N) is 2. The Morgan fingerprint density at radius 3 is 2.48 bits per heavy atom. The van der Waals surface area contributed by atoms with Crippen molar-refractivity contribution in [3.8, 4) is 0 Å². The number of hydrogen-bond acceptors (Lipinski definition) is 2. The molecule has 4 heteroatoms. The highest BCUT2D eigenvalue weighted by molar-refractivity contribution is 6.00. The van der Waals surface area contributed by atoms with Crippen LogP contribution >= 0.6 is 0 Å². The number of hydrogen-bond donors (Lipinski definition) is 0. The van der Waals surface area contributed by atoms with Gasteiger partial charge in [-0.1, -0.05) is 6.07 Å². The average molecular weight is 288 g/mol. The van der Waals surface area contributed by atoms with Crippen molar-refractivity contribution in [2.45, 2.75) is 34.1 Å². The number of benzene rings is 1. The van der Waals surface area contributed by atoms with E-state index in [9.17, 15) is 9.59 Å². The van der Waals surface area contributed by atoms with Gasteiger partial charge in [-0.2, -0.15) is 0 Å². The summed E-state index contributed by atoms with van der Waals surface area (Å²) in [7, 11) is 0. The van der Waals surface area contributed by atoms with Gasteiger partial charge in [0, 0.05) is 31.7 Å². The molecule has 0 N–H and O–H groups in total. The van der Waals surface area contributed by atoms with Crippen LogP contribution in [-0.2, 0) is 9.59 Å². The zero-order valence-electron chi connectivity index (χ0n) is 13.3. The maximum Gasteiger partial charge on any atom is 0.227 e. The fourth-order valence-corrected chi connectivity index (χ4v) is 2.81. The minimum atomic E-state index is -0.209. The molecule has 0 spiro atoms. The van der Waals surface area contributed by atoms with E-state index in [1.165, 1.54) is 11.1 Å². The fraction of sp³-hybridized carbons (Fsp3) is 0.529. The van der Waals surface area contributed by atoms with E-state index in [-0.39, 0.29) is 17.7 Å². The molecule has 0 bridgehead atoms. The molecule has 0 aliphatic carbocycles. The second kappa shape index (κ2) is 6.29. The molecule has 0 unspecified atom stereocenters. The summed E-state index contributed by atoms with van der Waals surface area (Å²) in [5.74, 6) is -0.0672. The third-order valence-electron chi connectivity index (χ3n) is 4.35. The van der Waals surface area contributed by atoms with Crippen LogP contribution in [-0.4, -0.2) is 36.3 Å². The summed E-state index contributed by atoms with van der Waals surface area (Å²) in [6, 6.07) is 6.01. The number of aryl methyl sites for hydroxylation is 2. The molecule has 0 aromatic heterocycles. The third kappa shape index (κ3) is 3.09. The van der Waals surface area contributed by atoms with Gasteiger partial charge in [-0.15, -0.1) is 0 Å². The van der Waals surface area contributed by atoms with Crippen LogP contribution in [0.3, 0.4) is 0 Å². The lowest BCUT2D eigenvalue weighted by molar-refractivity contribution is -0.135. The minimum Gasteiger partial charge on any atom is -0.343 e. The molecular formula is C17H24N2O2. The van der Waals surface area contributed by atoms with Crippen LogP contribution in [0.15, 0.2) is 18.2 Å². The number of anilines is 1. The molecular weight excluding hydrogens is 264 g/mol. The Balaban J connectivity index is 2.16. The molecule has 0 saturated carbocycles. The lowest BCUT2D eigenvalue weighted by Crippen LogP contribution is -2.37. The predicted octanol–water partition coefficient (Wildman–Crippen LogP) is 2.52. The minimum absolute atomic E-state index is 0.0451. The molecule has 4 nitrogen and oxygen atoms in total. The van der Waals surface area contributed by atoms with Crippen molar-refractivity contribution >= 4 is 17.5 Å². The van der Waals surface area contributed by atoms with Crippen LogP contribution in [0.5, 0.6) is 0 Å². The molecule has 21 heavy (non-hydrogen) atoms. The molecule has 114 valence electrons. The lowest BCUT2D eigenvalue weighted by atomic mass is 10.1. The van der Waals surface area contributed by atoms with Crippen molar-refractivity contribution in [2.75, 3.05) is 24.5 Å². The van der Waals surface area contributed by atoms with Gasteiger partial charge in [0.15, 0.2) is 0 Å². The molecule has 2 amide bonds. The van der Waals surface area contributed by atoms with Gasteiger partial charge in [0.2, 0.25) is 11.8 Å². The fourth-order valence-electron chi connectivity index (χ4n) is 2.81. The van der Waals surface area contributed by atoms with Crippen molar-refractivity contribution in [1.82, 2.24) is 4.90 Å². The molecule has 2 rings (SSSR count). The summed E-state index contributed by atoms with van der Waals surface area (Å²) in [5, 5.41) is 0. The highest BCUT2D eigenvalue weighted by Gasteiger charge is 2.36. The number of carbonyl (C=O) groups is 2. The quantitative estimate of drug-likeness (QED) is 0.854. The van der Waals surface area contributed by atoms with Gasteiger partial charge in [-0.05, 0) is 51.0 Å². The van der Waals surface area contributed by atoms with Crippen LogP contribution in [0.1, 0.15) is 31.4 Å². The molecule has 1 aromatic carbocycles. The van der Waals surface area contributed by atoms with E-state index in [2.05, 4.69) is 6.92 Å². The SMILES string of the molecule is CCN(CC)C(=O)[C@@H]1CC(=O)N(c2ccc(C)c(C)c2)C1. The van der Waals surface area contributed by atoms with Gasteiger partial charge in [-0.3, -0.25) is 9.59 Å². The predicted molar refractivity (Wildman–Crippen MR) is 84.3 cm³/mol. The molecule has 1 heterocycles. The van der Waals surface area contributed by atoms with E-state index in [1.54, 1.807) is 4.90 Å². The van der Waals surface area contributed by atoms with Gasteiger partial charge in [-0.25, -0.2) is 0 Å². The highest BCUT2D eigenvalue weighted by atomic mass is 16.2. The zero-order chi connectivity index (χ0) is 15.6. The molecule has 1 atom stereocenters. The van der Waals surface area contributed by atoms with Crippen LogP contribution in [0, 0.1) is 19.8 Å². The van der Waals surface area contributed by atoms with Gasteiger partial charge >= 0.3 is 0 Å². The maximum absolute atomic E-state index is 12.4. The second-order valence-corrected chi connectivity index (χ2v) is 5.68. The van der Waals surface area contributed by atoms with Crippen LogP contribution in [0.2, 0.25) is 0 Å². The summed E-state index contributed by atoms with van der Waals surface area (Å²) in [5.41, 5.74) is 3.28. The monoisotopic (exact) mass is 288 g/mol. The summed E-state index contributed by atoms with van der Waals surface area (Å²) < 4.78 is 0. The van der Waals surface area contributed by atoms with Crippen molar-refractivity contribution < 1.29 is 9.59 Å². The topological polar surface area (TPSA) is 40.6 Å². The normalized spacial score (nSPS) is 18.2. The summed E-state index contributed by atoms with van der Waals surface area (Å²) >= 11 is 0. The van der Waals surface area contributed by atoms with Gasteiger partial charge in [0.25, 0.3) is 0 Å². The van der Waals surface area contributed by atoms with Crippen molar-refractivity contribution in [3.05, 3.63) is 29.3 Å². The standard InChI is InChI=1S/C17H24N2O2/c1-5-18(6-2)17(21)14-10-16(20)19(11-14)15-8-7-12(3)13(4)9-15/h7-9,14H,5-6,10-11H2,1-4H3/t14-/m1/s1. The van der Waals surface area contributed by atoms with Crippen LogP contribution in [0.25, 0.3) is 0 Å². The van der Waals surface area contributed by atoms with E-state index < -0.39 is 0 Å². The first-order chi connectivity index (χ1) is 9.97. The zero-order valence-corrected chi connectivity index (χ0v) is 13.3. The number of amides is 2. The Labute approximate surface area is 126 Å². The smallest absolute Gasteiger partial charge is 0.227 e. The molecule has 1 saturated heterocycles. The summed E-state index contributed by atoms with van der Waals surface area (Å²) in [6.45, 7) is 9.93. The highest BCUT2D eigenvalue weighted by Crippen LogP contribution is 2.27. The Bertz CT molecular complexity index is 550. The van der Waals surface area contributed by atoms with Crippen molar-refractivity contribution in [1.29, 1.82) is 0 Å². The van der Waals surface area contributed by atoms with Crippen LogP contribution < -0.4 is 4.90 Å². The molecule has 1 aliphatic rings. The van der Waals surface area contributed by atoms with Crippen LogP contribution in [0.4, 0.5) is 5.69 Å². The Morgan fingerprint density at radius 1 is 1.24 bits per heavy atom. The second-order valence-electron chi connectivity index (χ2n) is 5.68. The van der Waals surface area contributed by atoms with E-state index in [0.29, 0.717) is 26.1 Å². The van der Waals surface area contributed by atoms with E-state index in [0.717, 1.165) is 5.69 Å². The lowest BCUT2D eigenvalue weighted by Gasteiger charge is -2.23. The summed E-state index contributed by atoms with van der Waals surface area (Å²) in [6.07, 6.45) is 0.322. The summed E-state index contributed by atoms with van der Waals surface area (Å²) in [4.78, 5) is 28.2. The number of rotatable bonds is 4. The Morgan fingerprint density at radius 2 is 1.90 bits per heavy atom. The first kappa shape index (κ1) is 15.5. The maximum atomic E-state index is 12.4. The van der Waals surface area contributed by atoms with Crippen molar-refractivity contribution in [2.24, 2.45) is 5.92 Å². The van der Waals surface area contributed by atoms with Gasteiger partial charge < -0.3 is 9.80 Å². The first-order valence-electron chi connectivity index (χ1n) is 7.64. The van der Waals surface area contributed by atoms with Gasteiger partial charge in [0.1, 0.15) is 0 Å². The van der Waals surface area contributed by atoms with E-state index in [4.69, 9.17) is 0 Å². The van der Waals surface area contributed by atoms with Crippen molar-refractivity contribution in [3.63, 3.8) is 0 Å². The molecule has 1 aliphatic heterocycles. The Kier molecular flexibility index (Phi) is 4.66. The van der Waals surface area contributed by atoms with Gasteiger partial charge in [0.05, 0.1) is 5.92 Å². The van der Waals surface area contributed by atoms with E-state index in [1.807, 2.05) is 43.9 Å². The number of carbonyl (C=O) groups excluding carboxylic acids is 2. The average Bonchev–Trinajstić information content (AvgIpc) is 2.85. The molecule has 0 radical (unpaired) electrons. The molecule has 1 aromatic rings. The molecule has 1 fully saturated rings. The van der Waals surface area contributed by atoms with E-state index >= 15 is 0 Å². The third-order valence-corrected chi connectivity index (χ3v) is 4.35.